The van der Waals surface area contributed by atoms with E-state index in [-0.39, 0.29) is 0 Å². The van der Waals surface area contributed by atoms with Crippen LogP contribution < -0.4 is 5.32 Å². The zero-order valence-electron chi connectivity index (χ0n) is 8.93. The number of imidazole rings is 1. The van der Waals surface area contributed by atoms with Gasteiger partial charge in [-0.1, -0.05) is 13.8 Å². The van der Waals surface area contributed by atoms with Gasteiger partial charge in [0.05, 0.1) is 6.33 Å². The van der Waals surface area contributed by atoms with E-state index in [0.29, 0.717) is 0 Å². The van der Waals surface area contributed by atoms with Crippen LogP contribution in [-0.2, 0) is 0 Å². The van der Waals surface area contributed by atoms with E-state index in [2.05, 4.69) is 15.3 Å². The Morgan fingerprint density at radius 3 is 2.00 bits per heavy atom. The van der Waals surface area contributed by atoms with Gasteiger partial charge in [-0.05, 0) is 32.9 Å². The fourth-order valence-electron chi connectivity index (χ4n) is 0.950. The minimum Gasteiger partial charge on any atom is -0.349 e. The van der Waals surface area contributed by atoms with Crippen molar-refractivity contribution in [3.05, 3.63) is 18.2 Å². The molecule has 0 radical (unpaired) electrons. The van der Waals surface area contributed by atoms with Crippen LogP contribution in [0, 0.1) is 6.92 Å². The maximum Gasteiger partial charge on any atom is 0.0921 e. The quantitative estimate of drug-likeness (QED) is 0.647. The van der Waals surface area contributed by atoms with Gasteiger partial charge in [0.2, 0.25) is 0 Å². The second-order valence-corrected chi connectivity index (χ2v) is 2.69. The fraction of sp³-hybridized carbons (Fsp3) is 0.700. The summed E-state index contributed by atoms with van der Waals surface area (Å²) in [6.07, 6.45) is 6.22. The molecule has 13 heavy (non-hydrogen) atoms. The molecule has 0 amide bonds. The number of aromatic nitrogens is 2. The molecule has 3 nitrogen and oxygen atoms in total. The minimum atomic E-state index is 1.11. The van der Waals surface area contributed by atoms with Crippen LogP contribution in [-0.4, -0.2) is 23.1 Å². The Balaban J connectivity index is 0.000000189. The zero-order chi connectivity index (χ0) is 9.94. The fourth-order valence-corrected chi connectivity index (χ4v) is 0.950. The summed E-state index contributed by atoms with van der Waals surface area (Å²) in [6, 6.07) is 0. The number of rotatable bonds is 0. The molecule has 0 saturated carbocycles. The second-order valence-electron chi connectivity index (χ2n) is 2.69. The van der Waals surface area contributed by atoms with E-state index in [1.54, 1.807) is 12.5 Å². The molecule has 3 heteroatoms. The van der Waals surface area contributed by atoms with Gasteiger partial charge in [0, 0.05) is 11.9 Å². The van der Waals surface area contributed by atoms with Gasteiger partial charge in [-0.2, -0.15) is 0 Å². The molecule has 2 heterocycles. The Kier molecular flexibility index (Phi) is 8.67. The van der Waals surface area contributed by atoms with Gasteiger partial charge >= 0.3 is 0 Å². The molecule has 0 unspecified atom stereocenters. The average Bonchev–Trinajstić information content (AvgIpc) is 2.81. The van der Waals surface area contributed by atoms with Crippen LogP contribution in [0.3, 0.4) is 0 Å². The summed E-state index contributed by atoms with van der Waals surface area (Å²) in [5.41, 5.74) is 1.11. The Labute approximate surface area is 81.0 Å². The van der Waals surface area contributed by atoms with Crippen molar-refractivity contribution >= 4 is 0 Å². The van der Waals surface area contributed by atoms with E-state index in [1.807, 2.05) is 20.8 Å². The number of aromatic amines is 1. The summed E-state index contributed by atoms with van der Waals surface area (Å²) in [5.74, 6) is 0. The predicted molar refractivity (Wildman–Crippen MR) is 56.8 cm³/mol. The number of H-pyrrole nitrogens is 1. The van der Waals surface area contributed by atoms with Crippen molar-refractivity contribution in [3.8, 4) is 0 Å². The van der Waals surface area contributed by atoms with Crippen molar-refractivity contribution in [3.63, 3.8) is 0 Å². The largest absolute Gasteiger partial charge is 0.349 e. The van der Waals surface area contributed by atoms with E-state index < -0.39 is 0 Å². The first-order valence-corrected chi connectivity index (χ1v) is 5.05. The highest BCUT2D eigenvalue weighted by atomic mass is 14.9. The van der Waals surface area contributed by atoms with E-state index >= 15 is 0 Å². The topological polar surface area (TPSA) is 40.7 Å². The number of hydrogen-bond donors (Lipinski definition) is 2. The highest BCUT2D eigenvalue weighted by Crippen LogP contribution is 1.90. The van der Waals surface area contributed by atoms with E-state index in [9.17, 15) is 0 Å². The zero-order valence-corrected chi connectivity index (χ0v) is 8.93. The van der Waals surface area contributed by atoms with Gasteiger partial charge in [-0.3, -0.25) is 0 Å². The number of hydrogen-bond acceptors (Lipinski definition) is 2. The second kappa shape index (κ2) is 9.26. The number of nitrogens with one attached hydrogen (secondary N) is 2. The molecule has 1 aliphatic heterocycles. The predicted octanol–water partition coefficient (Wildman–Crippen LogP) is 2.11. The van der Waals surface area contributed by atoms with Crippen molar-refractivity contribution in [2.75, 3.05) is 13.1 Å². The molecule has 1 aliphatic rings. The maximum absolute atomic E-state index is 3.77. The Hall–Kier alpha value is -0.830. The van der Waals surface area contributed by atoms with Gasteiger partial charge in [0.1, 0.15) is 0 Å². The number of aryl methyl sites for hydroxylation is 1. The molecule has 0 aliphatic carbocycles. The molecule has 0 spiro atoms. The van der Waals surface area contributed by atoms with Gasteiger partial charge in [0.25, 0.3) is 0 Å². The van der Waals surface area contributed by atoms with Crippen molar-refractivity contribution in [1.29, 1.82) is 0 Å². The molecule has 1 fully saturated rings. The molecule has 0 bridgehead atoms. The van der Waals surface area contributed by atoms with Crippen LogP contribution in [0.5, 0.6) is 0 Å². The standard InChI is InChI=1S/C4H6N2.C4H9N.C2H6/c1-4-2-5-3-6-4;1-2-4-5-3-1;1-2/h2-3H,1H3,(H,5,6);5H,1-4H2;1-2H3. The van der Waals surface area contributed by atoms with Crippen LogP contribution in [0.1, 0.15) is 32.4 Å². The van der Waals surface area contributed by atoms with Crippen LogP contribution in [0.4, 0.5) is 0 Å². The first-order valence-electron chi connectivity index (χ1n) is 5.05. The summed E-state index contributed by atoms with van der Waals surface area (Å²) >= 11 is 0. The molecule has 2 N–H and O–H groups in total. The van der Waals surface area contributed by atoms with Crippen LogP contribution >= 0.6 is 0 Å². The highest BCUT2D eigenvalue weighted by Gasteiger charge is 1.93. The first kappa shape index (κ1) is 12.2. The maximum atomic E-state index is 3.77. The lowest BCUT2D eigenvalue weighted by Crippen LogP contribution is -2.03. The third-order valence-corrected chi connectivity index (χ3v) is 1.59. The molecule has 0 atom stereocenters. The van der Waals surface area contributed by atoms with Crippen molar-refractivity contribution in [2.45, 2.75) is 33.6 Å². The summed E-state index contributed by atoms with van der Waals surface area (Å²) in [4.78, 5) is 6.66. The third-order valence-electron chi connectivity index (χ3n) is 1.59. The minimum absolute atomic E-state index is 1.11. The summed E-state index contributed by atoms with van der Waals surface area (Å²) in [6.45, 7) is 8.47. The molecule has 0 aromatic carbocycles. The van der Waals surface area contributed by atoms with Gasteiger partial charge in [0.15, 0.2) is 0 Å². The monoisotopic (exact) mass is 183 g/mol. The van der Waals surface area contributed by atoms with E-state index in [1.165, 1.54) is 25.9 Å². The number of nitrogens with zero attached hydrogens (tertiary/aromatic N) is 1. The average molecular weight is 183 g/mol. The molecule has 1 aromatic heterocycles. The van der Waals surface area contributed by atoms with Gasteiger partial charge < -0.3 is 10.3 Å². The molecule has 1 saturated heterocycles. The summed E-state index contributed by atoms with van der Waals surface area (Å²) in [5, 5.41) is 3.22. The summed E-state index contributed by atoms with van der Waals surface area (Å²) in [7, 11) is 0. The molecule has 76 valence electrons. The van der Waals surface area contributed by atoms with Crippen molar-refractivity contribution in [1.82, 2.24) is 15.3 Å². The van der Waals surface area contributed by atoms with Crippen LogP contribution in [0.25, 0.3) is 0 Å². The molecular weight excluding hydrogens is 162 g/mol. The Bertz CT molecular complexity index is 159. The molecule has 2 rings (SSSR count). The van der Waals surface area contributed by atoms with E-state index in [4.69, 9.17) is 0 Å². The van der Waals surface area contributed by atoms with Gasteiger partial charge in [-0.15, -0.1) is 0 Å². The van der Waals surface area contributed by atoms with E-state index in [0.717, 1.165) is 5.69 Å². The lowest BCUT2D eigenvalue weighted by molar-refractivity contribution is 0.857. The van der Waals surface area contributed by atoms with Crippen LogP contribution in [0.15, 0.2) is 12.5 Å². The highest BCUT2D eigenvalue weighted by molar-refractivity contribution is 4.87. The SMILES string of the molecule is C1CCNC1.CC.Cc1cnc[nH]1. The van der Waals surface area contributed by atoms with Gasteiger partial charge in [-0.25, -0.2) is 4.98 Å². The molecular formula is C10H21N3. The normalized spacial score (nSPS) is 13.8. The smallest absolute Gasteiger partial charge is 0.0921 e. The Morgan fingerprint density at radius 2 is 1.85 bits per heavy atom. The Morgan fingerprint density at radius 1 is 1.23 bits per heavy atom. The first-order chi connectivity index (χ1) is 6.39. The molecule has 1 aromatic rings. The lowest BCUT2D eigenvalue weighted by atomic mass is 10.4. The van der Waals surface area contributed by atoms with Crippen LogP contribution in [0.2, 0.25) is 0 Å². The van der Waals surface area contributed by atoms with Crippen molar-refractivity contribution < 1.29 is 0 Å². The summed E-state index contributed by atoms with van der Waals surface area (Å²) < 4.78 is 0. The third kappa shape index (κ3) is 7.53. The van der Waals surface area contributed by atoms with Crippen molar-refractivity contribution in [2.24, 2.45) is 0 Å². The lowest BCUT2D eigenvalue weighted by Gasteiger charge is -1.76.